The lowest BCUT2D eigenvalue weighted by atomic mass is 10.0. The number of piperazine rings is 1. The molecule has 0 bridgehead atoms. The van der Waals surface area contributed by atoms with E-state index in [0.29, 0.717) is 49.8 Å². The van der Waals surface area contributed by atoms with E-state index in [0.717, 1.165) is 0 Å². The minimum Gasteiger partial charge on any atom is -0.341 e. The molecule has 0 radical (unpaired) electrons. The zero-order valence-corrected chi connectivity index (χ0v) is 19.9. The van der Waals surface area contributed by atoms with Gasteiger partial charge in [0.25, 0.3) is 5.91 Å². The summed E-state index contributed by atoms with van der Waals surface area (Å²) in [4.78, 5) is 49.9. The number of nitrogens with one attached hydrogen (secondary N) is 3. The van der Waals surface area contributed by atoms with Crippen LogP contribution in [0.25, 0.3) is 0 Å². The van der Waals surface area contributed by atoms with Crippen molar-refractivity contribution in [1.82, 2.24) is 25.5 Å². The van der Waals surface area contributed by atoms with Crippen LogP contribution < -0.4 is 20.9 Å². The van der Waals surface area contributed by atoms with Gasteiger partial charge in [-0.1, -0.05) is 13.8 Å². The van der Waals surface area contributed by atoms with Crippen molar-refractivity contribution in [2.24, 2.45) is 5.92 Å². The number of nitrogens with zero attached hydrogens (tertiary/aromatic N) is 5. The van der Waals surface area contributed by atoms with Gasteiger partial charge in [-0.05, 0) is 42.7 Å². The van der Waals surface area contributed by atoms with Crippen LogP contribution >= 0.6 is 0 Å². The fourth-order valence-corrected chi connectivity index (χ4v) is 3.67. The summed E-state index contributed by atoms with van der Waals surface area (Å²) in [5.74, 6) is 0.0312. The maximum atomic E-state index is 12.7. The predicted molar refractivity (Wildman–Crippen MR) is 131 cm³/mol. The van der Waals surface area contributed by atoms with Crippen LogP contribution in [0.15, 0.2) is 42.7 Å². The molecule has 0 unspecified atom stereocenters. The van der Waals surface area contributed by atoms with Gasteiger partial charge in [0.05, 0.1) is 6.07 Å². The van der Waals surface area contributed by atoms with Crippen LogP contribution in [-0.4, -0.2) is 71.5 Å². The third-order valence-corrected chi connectivity index (χ3v) is 5.47. The van der Waals surface area contributed by atoms with E-state index in [9.17, 15) is 14.4 Å². The van der Waals surface area contributed by atoms with Crippen molar-refractivity contribution in [3.05, 3.63) is 48.3 Å². The summed E-state index contributed by atoms with van der Waals surface area (Å²) in [5, 5.41) is 16.8. The summed E-state index contributed by atoms with van der Waals surface area (Å²) >= 11 is 0. The van der Waals surface area contributed by atoms with Crippen molar-refractivity contribution in [2.45, 2.75) is 26.3 Å². The number of amides is 4. The Kier molecular flexibility index (Phi) is 8.95. The first-order chi connectivity index (χ1) is 16.9. The minimum atomic E-state index is -0.741. The van der Waals surface area contributed by atoms with Crippen LogP contribution in [0, 0.1) is 17.2 Å². The molecule has 3 rings (SSSR count). The quantitative estimate of drug-likeness (QED) is 0.489. The van der Waals surface area contributed by atoms with Gasteiger partial charge in [-0.15, -0.1) is 0 Å². The number of carbonyl (C=O) groups excluding carboxylic acids is 3. The first-order valence-corrected chi connectivity index (χ1v) is 11.5. The number of urea groups is 1. The molecule has 1 aliphatic heterocycles. The van der Waals surface area contributed by atoms with Gasteiger partial charge in [-0.2, -0.15) is 5.26 Å². The first kappa shape index (κ1) is 25.4. The number of nitriles is 1. The molecule has 1 fully saturated rings. The Hall–Kier alpha value is -4.20. The number of hydrogen-bond acceptors (Lipinski definition) is 7. The molecule has 3 N–H and O–H groups in total. The zero-order valence-electron chi connectivity index (χ0n) is 19.9. The summed E-state index contributed by atoms with van der Waals surface area (Å²) < 4.78 is 0. The molecular weight excluding hydrogens is 448 g/mol. The molecule has 0 saturated carbocycles. The van der Waals surface area contributed by atoms with E-state index >= 15 is 0 Å². The molecule has 1 aromatic carbocycles. The molecule has 11 heteroatoms. The Balaban J connectivity index is 1.52. The van der Waals surface area contributed by atoms with Crippen LogP contribution in [0.4, 0.5) is 16.4 Å². The second-order valence-electron chi connectivity index (χ2n) is 8.56. The monoisotopic (exact) mass is 478 g/mol. The number of benzene rings is 1. The molecule has 0 aliphatic carbocycles. The van der Waals surface area contributed by atoms with Crippen LogP contribution in [-0.2, 0) is 4.79 Å². The van der Waals surface area contributed by atoms with Crippen LogP contribution in [0.3, 0.4) is 0 Å². The Morgan fingerprint density at radius 2 is 1.71 bits per heavy atom. The SMILES string of the molecule is CC(C)C[C@H](NC(=O)c1ccc(NC(=O)N2CCN(c3ncccn3)CC2)cc1)C(=O)NCC#N. The van der Waals surface area contributed by atoms with E-state index in [-0.39, 0.29) is 18.5 Å². The van der Waals surface area contributed by atoms with E-state index < -0.39 is 17.9 Å². The average molecular weight is 479 g/mol. The molecule has 184 valence electrons. The Morgan fingerprint density at radius 3 is 2.31 bits per heavy atom. The smallest absolute Gasteiger partial charge is 0.321 e. The van der Waals surface area contributed by atoms with Gasteiger partial charge in [0.1, 0.15) is 12.6 Å². The summed E-state index contributed by atoms with van der Waals surface area (Å²) in [6.45, 7) is 6.12. The van der Waals surface area contributed by atoms with Gasteiger partial charge in [0.15, 0.2) is 0 Å². The molecule has 4 amide bonds. The molecule has 2 aromatic rings. The highest BCUT2D eigenvalue weighted by Gasteiger charge is 2.24. The van der Waals surface area contributed by atoms with Crippen molar-refractivity contribution < 1.29 is 14.4 Å². The lowest BCUT2D eigenvalue weighted by Gasteiger charge is -2.34. The maximum absolute atomic E-state index is 12.7. The van der Waals surface area contributed by atoms with E-state index in [1.807, 2.05) is 24.8 Å². The number of aromatic nitrogens is 2. The highest BCUT2D eigenvalue weighted by molar-refractivity contribution is 5.98. The first-order valence-electron chi connectivity index (χ1n) is 11.5. The van der Waals surface area contributed by atoms with Gasteiger partial charge in [0, 0.05) is 49.8 Å². The normalized spacial score (nSPS) is 14.1. The molecule has 1 saturated heterocycles. The number of rotatable bonds is 8. The zero-order chi connectivity index (χ0) is 25.2. The molecule has 11 nitrogen and oxygen atoms in total. The van der Waals surface area contributed by atoms with Crippen molar-refractivity contribution in [3.8, 4) is 6.07 Å². The van der Waals surface area contributed by atoms with Crippen LogP contribution in [0.5, 0.6) is 0 Å². The topological polar surface area (TPSA) is 143 Å². The molecule has 0 spiro atoms. The predicted octanol–water partition coefficient (Wildman–Crippen LogP) is 1.61. The van der Waals surface area contributed by atoms with E-state index in [2.05, 4.69) is 25.9 Å². The highest BCUT2D eigenvalue weighted by Crippen LogP contribution is 2.14. The average Bonchev–Trinajstić information content (AvgIpc) is 2.87. The third kappa shape index (κ3) is 7.40. The molecule has 1 aliphatic rings. The Bertz CT molecular complexity index is 1040. The lowest BCUT2D eigenvalue weighted by Crippen LogP contribution is -2.50. The van der Waals surface area contributed by atoms with Gasteiger partial charge in [-0.25, -0.2) is 14.8 Å². The van der Waals surface area contributed by atoms with Crippen molar-refractivity contribution in [3.63, 3.8) is 0 Å². The van der Waals surface area contributed by atoms with Gasteiger partial charge in [0.2, 0.25) is 11.9 Å². The van der Waals surface area contributed by atoms with E-state index in [1.54, 1.807) is 47.6 Å². The van der Waals surface area contributed by atoms with Crippen LogP contribution in [0.2, 0.25) is 0 Å². The highest BCUT2D eigenvalue weighted by atomic mass is 16.2. The second-order valence-corrected chi connectivity index (χ2v) is 8.56. The van der Waals surface area contributed by atoms with E-state index in [1.165, 1.54) is 0 Å². The molecule has 2 heterocycles. The number of hydrogen-bond donors (Lipinski definition) is 3. The summed E-state index contributed by atoms with van der Waals surface area (Å²) in [5.41, 5.74) is 0.923. The Morgan fingerprint density at radius 1 is 1.06 bits per heavy atom. The molecular formula is C24H30N8O3. The fourth-order valence-electron chi connectivity index (χ4n) is 3.67. The summed E-state index contributed by atoms with van der Waals surface area (Å²) in [6, 6.07) is 9.14. The molecule has 35 heavy (non-hydrogen) atoms. The van der Waals surface area contributed by atoms with Crippen LogP contribution in [0.1, 0.15) is 30.6 Å². The standard InChI is InChI=1S/C24H30N8O3/c1-17(2)16-20(22(34)26-11-8-25)30-21(33)18-4-6-19(7-5-18)29-24(35)32-14-12-31(13-15-32)23-27-9-3-10-28-23/h3-7,9-10,17,20H,11-16H2,1-2H3,(H,26,34)(H,29,35)(H,30,33)/t20-/m0/s1. The largest absolute Gasteiger partial charge is 0.341 e. The third-order valence-electron chi connectivity index (χ3n) is 5.47. The molecule has 1 atom stereocenters. The van der Waals surface area contributed by atoms with Crippen molar-refractivity contribution in [1.29, 1.82) is 5.26 Å². The Labute approximate surface area is 204 Å². The van der Waals surface area contributed by atoms with Crippen molar-refractivity contribution >= 4 is 29.5 Å². The van der Waals surface area contributed by atoms with Gasteiger partial charge in [-0.3, -0.25) is 9.59 Å². The minimum absolute atomic E-state index is 0.118. The number of carbonyl (C=O) groups is 3. The lowest BCUT2D eigenvalue weighted by molar-refractivity contribution is -0.123. The number of anilines is 2. The molecule has 1 aromatic heterocycles. The van der Waals surface area contributed by atoms with E-state index in [4.69, 9.17) is 5.26 Å². The van der Waals surface area contributed by atoms with Gasteiger partial charge >= 0.3 is 6.03 Å². The summed E-state index contributed by atoms with van der Waals surface area (Å²) in [7, 11) is 0. The summed E-state index contributed by atoms with van der Waals surface area (Å²) in [6.07, 6.45) is 3.83. The van der Waals surface area contributed by atoms with Gasteiger partial charge < -0.3 is 25.8 Å². The fraction of sp³-hybridized carbons (Fsp3) is 0.417. The maximum Gasteiger partial charge on any atom is 0.321 e. The van der Waals surface area contributed by atoms with Crippen molar-refractivity contribution in [2.75, 3.05) is 42.9 Å². The second kappa shape index (κ2) is 12.3.